The molecule has 2 aromatic rings. The Labute approximate surface area is 122 Å². The molecule has 0 aliphatic heterocycles. The Morgan fingerprint density at radius 3 is 2.71 bits per heavy atom. The number of carbonyl (C=O) groups is 2. The summed E-state index contributed by atoms with van der Waals surface area (Å²) in [4.78, 5) is 22.6. The summed E-state index contributed by atoms with van der Waals surface area (Å²) in [6.07, 6.45) is 0.845. The van der Waals surface area contributed by atoms with Crippen LogP contribution in [-0.2, 0) is 16.1 Å². The van der Waals surface area contributed by atoms with Gasteiger partial charge in [-0.2, -0.15) is 5.10 Å². The van der Waals surface area contributed by atoms with Crippen LogP contribution < -0.4 is 5.73 Å². The first kappa shape index (κ1) is 14.8. The molecule has 0 unspecified atom stereocenters. The predicted molar refractivity (Wildman–Crippen MR) is 78.7 cm³/mol. The summed E-state index contributed by atoms with van der Waals surface area (Å²) in [6, 6.07) is 9.30. The summed E-state index contributed by atoms with van der Waals surface area (Å²) in [6.45, 7) is 2.36. The Hall–Kier alpha value is -2.63. The summed E-state index contributed by atoms with van der Waals surface area (Å²) >= 11 is 0. The first-order valence-electron chi connectivity index (χ1n) is 6.69. The Morgan fingerprint density at radius 2 is 2.10 bits per heavy atom. The van der Waals surface area contributed by atoms with Gasteiger partial charge in [-0.25, -0.2) is 4.68 Å². The quantitative estimate of drug-likeness (QED) is 0.647. The zero-order valence-corrected chi connectivity index (χ0v) is 11.8. The number of nitrogen functional groups attached to an aromatic ring is 1. The van der Waals surface area contributed by atoms with E-state index in [4.69, 9.17) is 10.5 Å². The standard InChI is InChI=1S/C15H17N3O3/c1-2-21-13(20)8-9-18-15(16)12(10-19)14(17-18)11-6-4-3-5-7-11/h3-7,10H,2,8-9,16H2,1H3. The van der Waals surface area contributed by atoms with Crippen LogP contribution in [0.4, 0.5) is 5.82 Å². The van der Waals surface area contributed by atoms with E-state index in [2.05, 4.69) is 5.10 Å². The number of benzene rings is 1. The average molecular weight is 287 g/mol. The van der Waals surface area contributed by atoms with Crippen molar-refractivity contribution in [3.63, 3.8) is 0 Å². The lowest BCUT2D eigenvalue weighted by molar-refractivity contribution is -0.143. The van der Waals surface area contributed by atoms with Gasteiger partial charge in [-0.1, -0.05) is 30.3 Å². The van der Waals surface area contributed by atoms with Gasteiger partial charge < -0.3 is 10.5 Å². The van der Waals surface area contributed by atoms with E-state index in [1.165, 1.54) is 4.68 Å². The topological polar surface area (TPSA) is 87.2 Å². The van der Waals surface area contributed by atoms with Gasteiger partial charge in [0, 0.05) is 5.56 Å². The van der Waals surface area contributed by atoms with Gasteiger partial charge in [-0.05, 0) is 6.92 Å². The lowest BCUT2D eigenvalue weighted by Crippen LogP contribution is -2.11. The number of hydrogen-bond donors (Lipinski definition) is 1. The lowest BCUT2D eigenvalue weighted by Gasteiger charge is -2.03. The molecule has 110 valence electrons. The molecule has 0 atom stereocenters. The highest BCUT2D eigenvalue weighted by Gasteiger charge is 2.17. The third kappa shape index (κ3) is 3.28. The van der Waals surface area contributed by atoms with E-state index in [1.807, 2.05) is 30.3 Å². The van der Waals surface area contributed by atoms with Gasteiger partial charge in [-0.15, -0.1) is 0 Å². The number of rotatable bonds is 6. The number of anilines is 1. The third-order valence-corrected chi connectivity index (χ3v) is 3.03. The molecule has 0 aliphatic carbocycles. The molecule has 0 aliphatic rings. The lowest BCUT2D eigenvalue weighted by atomic mass is 10.1. The second-order valence-corrected chi connectivity index (χ2v) is 4.41. The molecule has 1 aromatic carbocycles. The zero-order chi connectivity index (χ0) is 15.2. The number of esters is 1. The predicted octanol–water partition coefficient (Wildman–Crippen LogP) is 1.90. The molecule has 6 nitrogen and oxygen atoms in total. The van der Waals surface area contributed by atoms with Crippen molar-refractivity contribution in [3.05, 3.63) is 35.9 Å². The van der Waals surface area contributed by atoms with Crippen LogP contribution in [0.5, 0.6) is 0 Å². The van der Waals surface area contributed by atoms with Crippen molar-refractivity contribution in [1.82, 2.24) is 9.78 Å². The van der Waals surface area contributed by atoms with E-state index in [9.17, 15) is 9.59 Å². The number of carbonyl (C=O) groups excluding carboxylic acids is 2. The number of aromatic nitrogens is 2. The molecular weight excluding hydrogens is 270 g/mol. The minimum atomic E-state index is -0.318. The summed E-state index contributed by atoms with van der Waals surface area (Å²) in [5.74, 6) is -0.0607. The SMILES string of the molecule is CCOC(=O)CCn1nc(-c2ccccc2)c(C=O)c1N. The van der Waals surface area contributed by atoms with Crippen LogP contribution in [0, 0.1) is 0 Å². The molecule has 0 spiro atoms. The number of ether oxygens (including phenoxy) is 1. The van der Waals surface area contributed by atoms with Crippen molar-refractivity contribution in [2.24, 2.45) is 0 Å². The molecule has 2 rings (SSSR count). The first-order valence-corrected chi connectivity index (χ1v) is 6.69. The van der Waals surface area contributed by atoms with Gasteiger partial charge in [-0.3, -0.25) is 9.59 Å². The maximum absolute atomic E-state index is 11.4. The van der Waals surface area contributed by atoms with Crippen molar-refractivity contribution in [3.8, 4) is 11.3 Å². The highest BCUT2D eigenvalue weighted by atomic mass is 16.5. The summed E-state index contributed by atoms with van der Waals surface area (Å²) < 4.78 is 6.32. The monoisotopic (exact) mass is 287 g/mol. The van der Waals surface area contributed by atoms with Crippen LogP contribution in [0.3, 0.4) is 0 Å². The molecule has 1 heterocycles. The van der Waals surface area contributed by atoms with Crippen molar-refractivity contribution in [2.75, 3.05) is 12.3 Å². The van der Waals surface area contributed by atoms with E-state index in [-0.39, 0.29) is 24.8 Å². The van der Waals surface area contributed by atoms with Crippen molar-refractivity contribution < 1.29 is 14.3 Å². The number of nitrogens with zero attached hydrogens (tertiary/aromatic N) is 2. The first-order chi connectivity index (χ1) is 10.2. The van der Waals surface area contributed by atoms with E-state index >= 15 is 0 Å². The smallest absolute Gasteiger partial charge is 0.307 e. The Morgan fingerprint density at radius 1 is 1.38 bits per heavy atom. The van der Waals surface area contributed by atoms with Crippen LogP contribution in [0.15, 0.2) is 30.3 Å². The normalized spacial score (nSPS) is 10.3. The Balaban J connectivity index is 2.26. The van der Waals surface area contributed by atoms with Crippen LogP contribution >= 0.6 is 0 Å². The molecule has 0 saturated heterocycles. The summed E-state index contributed by atoms with van der Waals surface area (Å²) in [7, 11) is 0. The van der Waals surface area contributed by atoms with Crippen LogP contribution in [0.1, 0.15) is 23.7 Å². The van der Waals surface area contributed by atoms with E-state index < -0.39 is 0 Å². The number of nitrogens with two attached hydrogens (primary N) is 1. The number of aldehydes is 1. The average Bonchev–Trinajstić information content (AvgIpc) is 2.82. The molecular formula is C15H17N3O3. The Kier molecular flexibility index (Phi) is 4.71. The largest absolute Gasteiger partial charge is 0.466 e. The molecule has 0 amide bonds. The van der Waals surface area contributed by atoms with Gasteiger partial charge in [0.2, 0.25) is 0 Å². The molecule has 0 radical (unpaired) electrons. The van der Waals surface area contributed by atoms with Gasteiger partial charge in [0.05, 0.1) is 25.1 Å². The fourth-order valence-electron chi connectivity index (χ4n) is 2.02. The van der Waals surface area contributed by atoms with E-state index in [0.29, 0.717) is 24.2 Å². The second kappa shape index (κ2) is 6.69. The number of hydrogen-bond acceptors (Lipinski definition) is 5. The van der Waals surface area contributed by atoms with Crippen molar-refractivity contribution >= 4 is 18.1 Å². The number of aryl methyl sites for hydroxylation is 1. The minimum absolute atomic E-state index is 0.159. The van der Waals surface area contributed by atoms with Gasteiger partial charge in [0.15, 0.2) is 6.29 Å². The van der Waals surface area contributed by atoms with Gasteiger partial charge in [0.1, 0.15) is 11.5 Å². The van der Waals surface area contributed by atoms with E-state index in [1.54, 1.807) is 6.92 Å². The summed E-state index contributed by atoms with van der Waals surface area (Å²) in [5, 5.41) is 4.34. The molecule has 21 heavy (non-hydrogen) atoms. The molecule has 0 bridgehead atoms. The molecule has 0 fully saturated rings. The molecule has 1 aromatic heterocycles. The highest BCUT2D eigenvalue weighted by Crippen LogP contribution is 2.25. The van der Waals surface area contributed by atoms with E-state index in [0.717, 1.165) is 5.56 Å². The minimum Gasteiger partial charge on any atom is -0.466 e. The van der Waals surface area contributed by atoms with Crippen LogP contribution in [-0.4, -0.2) is 28.6 Å². The maximum atomic E-state index is 11.4. The van der Waals surface area contributed by atoms with Crippen molar-refractivity contribution in [2.45, 2.75) is 19.9 Å². The molecule has 6 heteroatoms. The van der Waals surface area contributed by atoms with Crippen LogP contribution in [0.2, 0.25) is 0 Å². The molecule has 2 N–H and O–H groups in total. The van der Waals surface area contributed by atoms with Gasteiger partial charge >= 0.3 is 5.97 Å². The van der Waals surface area contributed by atoms with Crippen molar-refractivity contribution in [1.29, 1.82) is 0 Å². The fourth-order valence-corrected chi connectivity index (χ4v) is 2.02. The maximum Gasteiger partial charge on any atom is 0.307 e. The highest BCUT2D eigenvalue weighted by molar-refractivity contribution is 5.91. The fraction of sp³-hybridized carbons (Fsp3) is 0.267. The van der Waals surface area contributed by atoms with Crippen LogP contribution in [0.25, 0.3) is 11.3 Å². The second-order valence-electron chi connectivity index (χ2n) is 4.41. The van der Waals surface area contributed by atoms with Gasteiger partial charge in [0.25, 0.3) is 0 Å². The zero-order valence-electron chi connectivity index (χ0n) is 11.8. The third-order valence-electron chi connectivity index (χ3n) is 3.03. The summed E-state index contributed by atoms with van der Waals surface area (Å²) in [5.41, 5.74) is 7.59. The Bertz CT molecular complexity index is 635. The molecule has 0 saturated carbocycles.